The van der Waals surface area contributed by atoms with E-state index in [1.54, 1.807) is 18.2 Å². The largest absolute Gasteiger partial charge is 0.647 e. The molecule has 9 heteroatoms. The number of para-hydroxylation sites is 3. The topological polar surface area (TPSA) is 80.3 Å². The quantitative estimate of drug-likeness (QED) is 0.177. The van der Waals surface area contributed by atoms with Gasteiger partial charge in [0, 0.05) is 6.07 Å². The zero-order valence-electron chi connectivity index (χ0n) is 22.8. The lowest BCUT2D eigenvalue weighted by molar-refractivity contribution is 0.295. The van der Waals surface area contributed by atoms with Crippen molar-refractivity contribution < 1.29 is 31.7 Å². The minimum absolute atomic E-state index is 0.148. The van der Waals surface area contributed by atoms with E-state index in [9.17, 15) is 9.13 Å². The number of aryl methyl sites for hydroxylation is 6. The molecule has 0 aliphatic carbocycles. The van der Waals surface area contributed by atoms with Crippen LogP contribution in [0.1, 0.15) is 33.4 Å². The molecule has 0 amide bonds. The first kappa shape index (κ1) is 28.4. The van der Waals surface area contributed by atoms with Crippen LogP contribution in [0.5, 0.6) is 28.7 Å². The fourth-order valence-corrected chi connectivity index (χ4v) is 6.41. The number of phosphoric ester groups is 1. The van der Waals surface area contributed by atoms with Gasteiger partial charge in [-0.25, -0.2) is 4.57 Å². The van der Waals surface area contributed by atoms with E-state index >= 15 is 0 Å². The third kappa shape index (κ3) is 7.06. The highest BCUT2D eigenvalue weighted by Crippen LogP contribution is 2.52. The number of phosphoric acid groups is 1. The lowest BCUT2D eigenvalue weighted by Crippen LogP contribution is -2.10. The van der Waals surface area contributed by atoms with Gasteiger partial charge < -0.3 is 22.6 Å². The van der Waals surface area contributed by atoms with E-state index in [1.165, 1.54) is 6.07 Å². The summed E-state index contributed by atoms with van der Waals surface area (Å²) in [6.07, 6.45) is 0. The molecule has 4 aromatic rings. The molecule has 7 nitrogen and oxygen atoms in total. The van der Waals surface area contributed by atoms with Crippen molar-refractivity contribution in [2.45, 2.75) is 41.5 Å². The Bertz CT molecular complexity index is 1450. The lowest BCUT2D eigenvalue weighted by atomic mass is 10.1. The maximum absolute atomic E-state index is 14.2. The number of rotatable bonds is 10. The summed E-state index contributed by atoms with van der Waals surface area (Å²) < 4.78 is 56.0. The Hall–Kier alpha value is -3.66. The second-order valence-electron chi connectivity index (χ2n) is 9.31. The number of hydrogen-bond acceptors (Lipinski definition) is 7. The maximum Gasteiger partial charge on any atom is 0.647 e. The molecule has 0 saturated heterocycles. The standard InChI is InChI=1S/C30H32O7P2/c1-20-11-7-12-21(2)28(20)34-38(31)33-26-17-10-18-27(19-26)35-39(32,36-29-22(3)13-8-14-23(29)4)37-30-24(5)15-9-16-25(30)6/h7-19,38H,1-6H3. The first-order chi connectivity index (χ1) is 18.5. The Labute approximate surface area is 230 Å². The van der Waals surface area contributed by atoms with Gasteiger partial charge in [0.05, 0.1) is 0 Å². The minimum atomic E-state index is -4.27. The molecule has 1 unspecified atom stereocenters. The normalized spacial score (nSPS) is 11.9. The Kier molecular flexibility index (Phi) is 8.74. The third-order valence-electron chi connectivity index (χ3n) is 6.04. The van der Waals surface area contributed by atoms with E-state index in [0.29, 0.717) is 17.2 Å². The molecular formula is C30H32O7P2. The second kappa shape index (κ2) is 12.0. The molecule has 4 aromatic carbocycles. The SMILES string of the molecule is Cc1cccc(C)c1O[PH](=O)Oc1cccc(OP(=O)(Oc2c(C)cccc2C)Oc2c(C)cccc2C)c1. The Balaban J connectivity index is 1.61. The molecule has 4 rings (SSSR count). The number of hydrogen-bond donors (Lipinski definition) is 0. The van der Waals surface area contributed by atoms with E-state index in [2.05, 4.69) is 0 Å². The lowest BCUT2D eigenvalue weighted by Gasteiger charge is -2.23. The molecule has 0 spiro atoms. The zero-order chi connectivity index (χ0) is 28.2. The van der Waals surface area contributed by atoms with Crippen LogP contribution in [0.3, 0.4) is 0 Å². The van der Waals surface area contributed by atoms with Gasteiger partial charge >= 0.3 is 16.1 Å². The van der Waals surface area contributed by atoms with Gasteiger partial charge in [-0.1, -0.05) is 60.7 Å². The summed E-state index contributed by atoms with van der Waals surface area (Å²) in [5.74, 6) is 1.70. The zero-order valence-corrected chi connectivity index (χ0v) is 24.7. The van der Waals surface area contributed by atoms with Crippen LogP contribution in [0.4, 0.5) is 0 Å². The molecule has 39 heavy (non-hydrogen) atoms. The van der Waals surface area contributed by atoms with Gasteiger partial charge in [-0.15, -0.1) is 0 Å². The summed E-state index contributed by atoms with van der Waals surface area (Å²) in [4.78, 5) is 0. The van der Waals surface area contributed by atoms with Crippen LogP contribution in [-0.4, -0.2) is 0 Å². The van der Waals surface area contributed by atoms with Crippen molar-refractivity contribution in [1.82, 2.24) is 0 Å². The molecule has 0 saturated carbocycles. The van der Waals surface area contributed by atoms with Crippen molar-refractivity contribution in [2.24, 2.45) is 0 Å². The van der Waals surface area contributed by atoms with Gasteiger partial charge in [0.25, 0.3) is 0 Å². The van der Waals surface area contributed by atoms with Gasteiger partial charge in [-0.05, 0) is 87.1 Å². The van der Waals surface area contributed by atoms with Gasteiger partial charge in [0.2, 0.25) is 0 Å². The average Bonchev–Trinajstić information content (AvgIpc) is 2.87. The van der Waals surface area contributed by atoms with Crippen molar-refractivity contribution in [3.63, 3.8) is 0 Å². The molecule has 0 radical (unpaired) electrons. The van der Waals surface area contributed by atoms with Gasteiger partial charge in [-0.2, -0.15) is 4.57 Å². The molecule has 1 atom stereocenters. The van der Waals surface area contributed by atoms with E-state index in [-0.39, 0.29) is 11.5 Å². The van der Waals surface area contributed by atoms with Crippen LogP contribution < -0.4 is 22.6 Å². The molecule has 0 aliphatic heterocycles. The molecule has 0 aromatic heterocycles. The van der Waals surface area contributed by atoms with Crippen LogP contribution in [0.2, 0.25) is 0 Å². The Morgan fingerprint density at radius 3 is 1.36 bits per heavy atom. The molecule has 0 bridgehead atoms. The van der Waals surface area contributed by atoms with Crippen LogP contribution >= 0.6 is 16.1 Å². The van der Waals surface area contributed by atoms with Crippen LogP contribution in [0.15, 0.2) is 78.9 Å². The summed E-state index contributed by atoms with van der Waals surface area (Å²) in [5.41, 5.74) is 4.82. The Morgan fingerprint density at radius 1 is 0.513 bits per heavy atom. The summed E-state index contributed by atoms with van der Waals surface area (Å²) in [6, 6.07) is 23.1. The predicted molar refractivity (Wildman–Crippen MR) is 154 cm³/mol. The predicted octanol–water partition coefficient (Wildman–Crippen LogP) is 9.03. The average molecular weight is 567 g/mol. The minimum Gasteiger partial charge on any atom is -0.418 e. The molecular weight excluding hydrogens is 534 g/mol. The van der Waals surface area contributed by atoms with Crippen molar-refractivity contribution in [1.29, 1.82) is 0 Å². The van der Waals surface area contributed by atoms with E-state index < -0.39 is 16.1 Å². The maximum atomic E-state index is 14.2. The third-order valence-corrected chi connectivity index (χ3v) is 8.06. The van der Waals surface area contributed by atoms with Crippen LogP contribution in [0, 0.1) is 41.5 Å². The highest BCUT2D eigenvalue weighted by Gasteiger charge is 2.35. The van der Waals surface area contributed by atoms with Gasteiger partial charge in [0.1, 0.15) is 28.7 Å². The first-order valence-corrected chi connectivity index (χ1v) is 15.1. The molecule has 0 aliphatic rings. The first-order valence-electron chi connectivity index (χ1n) is 12.4. The van der Waals surface area contributed by atoms with Gasteiger partial charge in [0.15, 0.2) is 0 Å². The molecule has 0 heterocycles. The smallest absolute Gasteiger partial charge is 0.418 e. The monoisotopic (exact) mass is 566 g/mol. The highest BCUT2D eigenvalue weighted by atomic mass is 31.2. The van der Waals surface area contributed by atoms with Crippen molar-refractivity contribution in [3.05, 3.63) is 112 Å². The summed E-state index contributed by atoms with van der Waals surface area (Å²) in [5, 5.41) is 0. The van der Waals surface area contributed by atoms with E-state index in [4.69, 9.17) is 22.6 Å². The molecule has 0 fully saturated rings. The van der Waals surface area contributed by atoms with Crippen LogP contribution in [-0.2, 0) is 9.13 Å². The van der Waals surface area contributed by atoms with Crippen molar-refractivity contribution in [3.8, 4) is 28.7 Å². The van der Waals surface area contributed by atoms with Gasteiger partial charge in [-0.3, -0.25) is 0 Å². The molecule has 204 valence electrons. The fraction of sp³-hybridized carbons (Fsp3) is 0.200. The summed E-state index contributed by atoms with van der Waals surface area (Å²) in [7, 11) is -7.22. The second-order valence-corrected chi connectivity index (χ2v) is 11.7. The molecule has 0 N–H and O–H groups in total. The van der Waals surface area contributed by atoms with Crippen LogP contribution in [0.25, 0.3) is 0 Å². The Morgan fingerprint density at radius 2 is 0.897 bits per heavy atom. The van der Waals surface area contributed by atoms with E-state index in [0.717, 1.165) is 33.4 Å². The van der Waals surface area contributed by atoms with E-state index in [1.807, 2.05) is 96.1 Å². The fourth-order valence-electron chi connectivity index (χ4n) is 4.05. The summed E-state index contributed by atoms with van der Waals surface area (Å²) >= 11 is 0. The van der Waals surface area contributed by atoms with Crippen molar-refractivity contribution >= 4 is 16.1 Å². The highest BCUT2D eigenvalue weighted by molar-refractivity contribution is 7.49. The van der Waals surface area contributed by atoms with Crippen molar-refractivity contribution in [2.75, 3.05) is 0 Å². The number of benzene rings is 4. The summed E-state index contributed by atoms with van der Waals surface area (Å²) in [6.45, 7) is 11.2.